The lowest BCUT2D eigenvalue weighted by molar-refractivity contribution is -0.126. The molecule has 0 radical (unpaired) electrons. The first kappa shape index (κ1) is 22.9. The van der Waals surface area contributed by atoms with Gasteiger partial charge in [-0.25, -0.2) is 9.96 Å². The number of anilines is 2. The first-order chi connectivity index (χ1) is 17.4. The number of hydroxylamine groups is 1. The van der Waals surface area contributed by atoms with Gasteiger partial charge in [-0.1, -0.05) is 59.1 Å². The summed E-state index contributed by atoms with van der Waals surface area (Å²) < 4.78 is 6.24. The van der Waals surface area contributed by atoms with Gasteiger partial charge in [0.15, 0.2) is 6.10 Å². The zero-order chi connectivity index (χ0) is 25.0. The van der Waals surface area contributed by atoms with Crippen molar-refractivity contribution >= 4 is 46.4 Å². The Morgan fingerprint density at radius 3 is 2.31 bits per heavy atom. The maximum atomic E-state index is 13.7. The molecule has 8 heteroatoms. The number of hydrogen-bond acceptors (Lipinski definition) is 5. The molecule has 0 bridgehead atoms. The zero-order valence-corrected chi connectivity index (χ0v) is 20.6. The molecule has 0 spiro atoms. The first-order valence-corrected chi connectivity index (χ1v) is 12.2. The molecule has 0 unspecified atom stereocenters. The number of nitrogens with zero attached hydrogens (tertiary/aromatic N) is 2. The zero-order valence-electron chi connectivity index (χ0n) is 19.1. The number of rotatable bonds is 4. The van der Waals surface area contributed by atoms with Crippen LogP contribution in [0.2, 0.25) is 10.0 Å². The maximum absolute atomic E-state index is 13.7. The van der Waals surface area contributed by atoms with Crippen molar-refractivity contribution in [2.24, 2.45) is 5.92 Å². The van der Waals surface area contributed by atoms with Crippen LogP contribution in [0.15, 0.2) is 89.3 Å². The second kappa shape index (κ2) is 8.82. The summed E-state index contributed by atoms with van der Waals surface area (Å²) in [5.41, 5.74) is 2.89. The normalized spacial score (nSPS) is 21.4. The van der Waals surface area contributed by atoms with E-state index in [-0.39, 0.29) is 5.91 Å². The highest BCUT2D eigenvalue weighted by molar-refractivity contribution is 6.35. The van der Waals surface area contributed by atoms with E-state index in [0.717, 1.165) is 5.56 Å². The van der Waals surface area contributed by atoms with Gasteiger partial charge in [-0.05, 0) is 61.5 Å². The van der Waals surface area contributed by atoms with Crippen molar-refractivity contribution < 1.29 is 18.8 Å². The Bertz CT molecular complexity index is 1470. The average molecular weight is 519 g/mol. The molecule has 36 heavy (non-hydrogen) atoms. The monoisotopic (exact) mass is 518 g/mol. The average Bonchev–Trinajstić information content (AvgIpc) is 3.57. The van der Waals surface area contributed by atoms with Crippen LogP contribution in [0.1, 0.15) is 17.4 Å². The molecule has 3 aromatic carbocycles. The SMILES string of the molecule is Cc1ccc(N2C(=O)[C@@H]3[C@H](ON(c4ccccc4)[C@H]3c3ccc(-c4cc(Cl)ccc4Cl)o3)C2=O)cc1. The van der Waals surface area contributed by atoms with Crippen molar-refractivity contribution in [3.05, 3.63) is 106 Å². The summed E-state index contributed by atoms with van der Waals surface area (Å²) in [6, 6.07) is 24.6. The molecule has 3 heterocycles. The maximum Gasteiger partial charge on any atom is 0.266 e. The van der Waals surface area contributed by atoms with E-state index in [9.17, 15) is 9.59 Å². The Kier molecular flexibility index (Phi) is 5.60. The smallest absolute Gasteiger partial charge is 0.266 e. The number of halogens is 2. The van der Waals surface area contributed by atoms with Crippen LogP contribution in [0.4, 0.5) is 11.4 Å². The van der Waals surface area contributed by atoms with Gasteiger partial charge in [0.05, 0.1) is 16.4 Å². The lowest BCUT2D eigenvalue weighted by Gasteiger charge is -2.27. The van der Waals surface area contributed by atoms with E-state index < -0.39 is 24.0 Å². The molecule has 0 N–H and O–H groups in total. The van der Waals surface area contributed by atoms with Crippen LogP contribution in [0.25, 0.3) is 11.3 Å². The second-order valence-corrected chi connectivity index (χ2v) is 9.68. The number of carbonyl (C=O) groups excluding carboxylic acids is 2. The minimum absolute atomic E-state index is 0.337. The van der Waals surface area contributed by atoms with Crippen LogP contribution in [-0.4, -0.2) is 17.9 Å². The number of aryl methyl sites for hydroxylation is 1. The molecule has 6 rings (SSSR count). The molecule has 3 atom stereocenters. The highest BCUT2D eigenvalue weighted by Crippen LogP contribution is 2.48. The first-order valence-electron chi connectivity index (χ1n) is 11.4. The molecular weight excluding hydrogens is 499 g/mol. The van der Waals surface area contributed by atoms with Crippen LogP contribution in [0.5, 0.6) is 0 Å². The molecule has 2 amide bonds. The van der Waals surface area contributed by atoms with Crippen molar-refractivity contribution in [1.82, 2.24) is 0 Å². The minimum Gasteiger partial charge on any atom is -0.459 e. The van der Waals surface area contributed by atoms with Gasteiger partial charge in [-0.15, -0.1) is 0 Å². The molecule has 0 saturated carbocycles. The number of furan rings is 1. The predicted octanol–water partition coefficient (Wildman–Crippen LogP) is 6.61. The van der Waals surface area contributed by atoms with Gasteiger partial charge >= 0.3 is 0 Å². The summed E-state index contributed by atoms with van der Waals surface area (Å²) in [5, 5.41) is 2.60. The number of amides is 2. The third kappa shape index (κ3) is 3.69. The standard InChI is InChI=1S/C28H20Cl2N2O4/c1-16-7-10-18(11-8-16)31-27(33)24-25(32(36-26(24)28(31)34)19-5-3-2-4-6-19)23-14-13-22(35-23)20-15-17(29)9-12-21(20)30/h2-15,24-26H,1H3/t24-,25-,26-/m0/s1. The molecule has 1 aromatic heterocycles. The van der Waals surface area contributed by atoms with E-state index in [1.807, 2.05) is 49.4 Å². The van der Waals surface area contributed by atoms with Gasteiger partial charge in [0.1, 0.15) is 23.5 Å². The Morgan fingerprint density at radius 1 is 0.806 bits per heavy atom. The Hall–Kier alpha value is -3.58. The fourth-order valence-electron chi connectivity index (χ4n) is 4.79. The van der Waals surface area contributed by atoms with Gasteiger partial charge < -0.3 is 4.42 Å². The molecule has 4 aromatic rings. The van der Waals surface area contributed by atoms with Gasteiger partial charge in [0.25, 0.3) is 5.91 Å². The largest absolute Gasteiger partial charge is 0.459 e. The summed E-state index contributed by atoms with van der Waals surface area (Å²) in [5.74, 6) is -0.559. The lowest BCUT2D eigenvalue weighted by Crippen LogP contribution is -2.37. The summed E-state index contributed by atoms with van der Waals surface area (Å²) in [6.07, 6.45) is -0.979. The molecule has 2 fully saturated rings. The summed E-state index contributed by atoms with van der Waals surface area (Å²) in [7, 11) is 0. The third-order valence-corrected chi connectivity index (χ3v) is 7.10. The van der Waals surface area contributed by atoms with E-state index in [1.165, 1.54) is 4.90 Å². The fourth-order valence-corrected chi connectivity index (χ4v) is 5.18. The predicted molar refractivity (Wildman–Crippen MR) is 138 cm³/mol. The number of benzene rings is 3. The molecule has 2 aliphatic heterocycles. The molecule has 6 nitrogen and oxygen atoms in total. The third-order valence-electron chi connectivity index (χ3n) is 6.53. The summed E-state index contributed by atoms with van der Waals surface area (Å²) >= 11 is 12.6. The van der Waals surface area contributed by atoms with Crippen molar-refractivity contribution in [1.29, 1.82) is 0 Å². The lowest BCUT2D eigenvalue weighted by atomic mass is 9.94. The van der Waals surface area contributed by atoms with Crippen molar-refractivity contribution in [3.63, 3.8) is 0 Å². The molecular formula is C28H20Cl2N2O4. The number of fused-ring (bicyclic) bond motifs is 1. The highest BCUT2D eigenvalue weighted by atomic mass is 35.5. The quantitative estimate of drug-likeness (QED) is 0.284. The van der Waals surface area contributed by atoms with Crippen molar-refractivity contribution in [2.75, 3.05) is 9.96 Å². The van der Waals surface area contributed by atoms with Crippen molar-refractivity contribution in [2.45, 2.75) is 19.1 Å². The van der Waals surface area contributed by atoms with Crippen LogP contribution < -0.4 is 9.96 Å². The summed E-state index contributed by atoms with van der Waals surface area (Å²) in [6.45, 7) is 1.95. The summed E-state index contributed by atoms with van der Waals surface area (Å²) in [4.78, 5) is 34.6. The van der Waals surface area contributed by atoms with Crippen LogP contribution in [-0.2, 0) is 14.4 Å². The number of hydrogen-bond donors (Lipinski definition) is 0. The van der Waals surface area contributed by atoms with Crippen LogP contribution in [0.3, 0.4) is 0 Å². The van der Waals surface area contributed by atoms with Crippen LogP contribution in [0, 0.1) is 12.8 Å². The van der Waals surface area contributed by atoms with E-state index in [1.54, 1.807) is 47.5 Å². The van der Waals surface area contributed by atoms with E-state index in [4.69, 9.17) is 32.5 Å². The minimum atomic E-state index is -0.979. The second-order valence-electron chi connectivity index (χ2n) is 8.83. The number of imide groups is 1. The number of para-hydroxylation sites is 1. The van der Waals surface area contributed by atoms with Gasteiger partial charge in [0, 0.05) is 10.6 Å². The molecule has 2 aliphatic rings. The van der Waals surface area contributed by atoms with E-state index >= 15 is 0 Å². The Labute approximate surface area is 217 Å². The molecule has 2 saturated heterocycles. The molecule has 180 valence electrons. The van der Waals surface area contributed by atoms with E-state index in [0.29, 0.717) is 38.5 Å². The van der Waals surface area contributed by atoms with Gasteiger partial charge in [-0.3, -0.25) is 14.4 Å². The number of carbonyl (C=O) groups is 2. The van der Waals surface area contributed by atoms with Gasteiger partial charge in [-0.2, -0.15) is 0 Å². The Balaban J connectivity index is 1.43. The Morgan fingerprint density at radius 2 is 1.56 bits per heavy atom. The van der Waals surface area contributed by atoms with E-state index in [2.05, 4.69) is 0 Å². The molecule has 0 aliphatic carbocycles. The highest BCUT2D eigenvalue weighted by Gasteiger charge is 2.61. The van der Waals surface area contributed by atoms with Crippen LogP contribution >= 0.6 is 23.2 Å². The van der Waals surface area contributed by atoms with Crippen molar-refractivity contribution in [3.8, 4) is 11.3 Å². The van der Waals surface area contributed by atoms with Gasteiger partial charge in [0.2, 0.25) is 5.91 Å². The fraction of sp³-hybridized carbons (Fsp3) is 0.143. The topological polar surface area (TPSA) is 63.0 Å².